The zero-order chi connectivity index (χ0) is 10.2. The second kappa shape index (κ2) is 6.94. The Labute approximate surface area is 92.1 Å². The van der Waals surface area contributed by atoms with Gasteiger partial charge in [0.25, 0.3) is 0 Å². The van der Waals surface area contributed by atoms with Crippen LogP contribution in [0.15, 0.2) is 29.2 Å². The standard InChI is InChI=1S/C13H20S/c1-3-4-5-6-7-12-8-10-13(14-2)11-9-12/h8-11H,3-7H2,1-2H3. The average Bonchev–Trinajstić information content (AvgIpc) is 2.25. The Morgan fingerprint density at radius 3 is 2.29 bits per heavy atom. The van der Waals surface area contributed by atoms with Gasteiger partial charge in [0.15, 0.2) is 0 Å². The lowest BCUT2D eigenvalue weighted by Crippen LogP contribution is -1.85. The first-order chi connectivity index (χ1) is 6.86. The van der Waals surface area contributed by atoms with Crippen molar-refractivity contribution in [2.45, 2.75) is 43.9 Å². The minimum atomic E-state index is 1.24. The summed E-state index contributed by atoms with van der Waals surface area (Å²) in [5.74, 6) is 0. The maximum atomic E-state index is 2.26. The van der Waals surface area contributed by atoms with Crippen LogP contribution < -0.4 is 0 Å². The number of rotatable bonds is 6. The lowest BCUT2D eigenvalue weighted by molar-refractivity contribution is 0.667. The molecular weight excluding hydrogens is 188 g/mol. The molecule has 0 bridgehead atoms. The predicted molar refractivity (Wildman–Crippen MR) is 66.1 cm³/mol. The fraction of sp³-hybridized carbons (Fsp3) is 0.538. The molecule has 0 spiro atoms. The quantitative estimate of drug-likeness (QED) is 0.489. The third-order valence-corrected chi connectivity index (χ3v) is 3.22. The van der Waals surface area contributed by atoms with Gasteiger partial charge in [0, 0.05) is 4.90 Å². The highest BCUT2D eigenvalue weighted by Gasteiger charge is 1.94. The maximum absolute atomic E-state index is 2.26. The number of benzene rings is 1. The monoisotopic (exact) mass is 208 g/mol. The van der Waals surface area contributed by atoms with Gasteiger partial charge in [-0.05, 0) is 36.8 Å². The van der Waals surface area contributed by atoms with Crippen LogP contribution in [0, 0.1) is 0 Å². The average molecular weight is 208 g/mol. The number of unbranched alkanes of at least 4 members (excludes halogenated alkanes) is 3. The molecule has 0 nitrogen and oxygen atoms in total. The minimum Gasteiger partial charge on any atom is -0.130 e. The summed E-state index contributed by atoms with van der Waals surface area (Å²) in [6.07, 6.45) is 8.78. The molecule has 0 unspecified atom stereocenters. The topological polar surface area (TPSA) is 0 Å². The Kier molecular flexibility index (Phi) is 5.77. The van der Waals surface area contributed by atoms with Crippen molar-refractivity contribution in [1.29, 1.82) is 0 Å². The second-order valence-electron chi connectivity index (χ2n) is 3.66. The highest BCUT2D eigenvalue weighted by atomic mass is 32.2. The van der Waals surface area contributed by atoms with Crippen molar-refractivity contribution in [3.63, 3.8) is 0 Å². The fourth-order valence-electron chi connectivity index (χ4n) is 1.55. The molecule has 1 heteroatoms. The van der Waals surface area contributed by atoms with Crippen LogP contribution in [0.2, 0.25) is 0 Å². The van der Waals surface area contributed by atoms with E-state index in [0.29, 0.717) is 0 Å². The molecule has 0 aliphatic rings. The third-order valence-electron chi connectivity index (χ3n) is 2.48. The van der Waals surface area contributed by atoms with Gasteiger partial charge < -0.3 is 0 Å². The highest BCUT2D eigenvalue weighted by molar-refractivity contribution is 7.98. The first kappa shape index (κ1) is 11.6. The summed E-state index contributed by atoms with van der Waals surface area (Å²) in [6.45, 7) is 2.26. The Morgan fingerprint density at radius 2 is 1.71 bits per heavy atom. The van der Waals surface area contributed by atoms with Gasteiger partial charge in [-0.1, -0.05) is 38.3 Å². The number of thioether (sulfide) groups is 1. The first-order valence-corrected chi connectivity index (χ1v) is 6.72. The van der Waals surface area contributed by atoms with Gasteiger partial charge in [-0.15, -0.1) is 11.8 Å². The van der Waals surface area contributed by atoms with Crippen LogP contribution in [0.25, 0.3) is 0 Å². The lowest BCUT2D eigenvalue weighted by atomic mass is 10.1. The van der Waals surface area contributed by atoms with Crippen LogP contribution in [0.3, 0.4) is 0 Å². The van der Waals surface area contributed by atoms with Crippen LogP contribution in [-0.2, 0) is 6.42 Å². The van der Waals surface area contributed by atoms with Gasteiger partial charge in [0.1, 0.15) is 0 Å². The summed E-state index contributed by atoms with van der Waals surface area (Å²) in [5, 5.41) is 0. The first-order valence-electron chi connectivity index (χ1n) is 5.49. The molecular formula is C13H20S. The molecule has 0 saturated carbocycles. The smallest absolute Gasteiger partial charge is 0.00693 e. The van der Waals surface area contributed by atoms with E-state index >= 15 is 0 Å². The molecule has 0 saturated heterocycles. The largest absolute Gasteiger partial charge is 0.130 e. The van der Waals surface area contributed by atoms with Crippen LogP contribution in [0.1, 0.15) is 38.2 Å². The Hall–Kier alpha value is -0.430. The summed E-state index contributed by atoms with van der Waals surface area (Å²) < 4.78 is 0. The molecule has 0 heterocycles. The molecule has 1 aromatic carbocycles. The van der Waals surface area contributed by atoms with Gasteiger partial charge in [-0.25, -0.2) is 0 Å². The van der Waals surface area contributed by atoms with E-state index in [2.05, 4.69) is 37.4 Å². The predicted octanol–water partition coefficient (Wildman–Crippen LogP) is 4.53. The summed E-state index contributed by atoms with van der Waals surface area (Å²) in [6, 6.07) is 8.97. The van der Waals surface area contributed by atoms with E-state index in [1.165, 1.54) is 42.6 Å². The van der Waals surface area contributed by atoms with E-state index in [9.17, 15) is 0 Å². The van der Waals surface area contributed by atoms with Crippen LogP contribution >= 0.6 is 11.8 Å². The van der Waals surface area contributed by atoms with Gasteiger partial charge in [0.2, 0.25) is 0 Å². The molecule has 0 amide bonds. The van der Waals surface area contributed by atoms with Crippen molar-refractivity contribution in [3.05, 3.63) is 29.8 Å². The van der Waals surface area contributed by atoms with Gasteiger partial charge in [-0.2, -0.15) is 0 Å². The van der Waals surface area contributed by atoms with E-state index in [4.69, 9.17) is 0 Å². The van der Waals surface area contributed by atoms with Crippen LogP contribution in [-0.4, -0.2) is 6.26 Å². The molecule has 0 atom stereocenters. The third kappa shape index (κ3) is 4.19. The molecule has 0 fully saturated rings. The van der Waals surface area contributed by atoms with Crippen LogP contribution in [0.4, 0.5) is 0 Å². The molecule has 0 aliphatic heterocycles. The van der Waals surface area contributed by atoms with Gasteiger partial charge in [0.05, 0.1) is 0 Å². The van der Waals surface area contributed by atoms with Gasteiger partial charge in [-0.3, -0.25) is 0 Å². The molecule has 0 aromatic heterocycles. The molecule has 1 aromatic rings. The highest BCUT2D eigenvalue weighted by Crippen LogP contribution is 2.16. The number of aryl methyl sites for hydroxylation is 1. The van der Waals surface area contributed by atoms with Crippen molar-refractivity contribution in [2.75, 3.05) is 6.26 Å². The zero-order valence-electron chi connectivity index (χ0n) is 9.25. The molecule has 0 aliphatic carbocycles. The Balaban J connectivity index is 2.29. The summed E-state index contributed by atoms with van der Waals surface area (Å²) in [7, 11) is 0. The van der Waals surface area contributed by atoms with E-state index < -0.39 is 0 Å². The van der Waals surface area contributed by atoms with Gasteiger partial charge >= 0.3 is 0 Å². The summed E-state index contributed by atoms with van der Waals surface area (Å²) in [4.78, 5) is 1.36. The maximum Gasteiger partial charge on any atom is 0.00693 e. The molecule has 0 radical (unpaired) electrons. The summed E-state index contributed by atoms with van der Waals surface area (Å²) in [5.41, 5.74) is 1.49. The Bertz CT molecular complexity index is 238. The number of hydrogen-bond acceptors (Lipinski definition) is 1. The van der Waals surface area contributed by atoms with E-state index in [0.717, 1.165) is 0 Å². The molecule has 1 rings (SSSR count). The molecule has 14 heavy (non-hydrogen) atoms. The lowest BCUT2D eigenvalue weighted by Gasteiger charge is -2.02. The zero-order valence-corrected chi connectivity index (χ0v) is 10.1. The van der Waals surface area contributed by atoms with E-state index in [1.807, 2.05) is 11.8 Å². The summed E-state index contributed by atoms with van der Waals surface area (Å²) >= 11 is 1.81. The normalized spacial score (nSPS) is 10.4. The molecule has 0 N–H and O–H groups in total. The fourth-order valence-corrected chi connectivity index (χ4v) is 1.96. The van der Waals surface area contributed by atoms with Crippen molar-refractivity contribution in [2.24, 2.45) is 0 Å². The number of hydrogen-bond donors (Lipinski definition) is 0. The second-order valence-corrected chi connectivity index (χ2v) is 4.54. The Morgan fingerprint density at radius 1 is 1.00 bits per heavy atom. The minimum absolute atomic E-state index is 1.24. The van der Waals surface area contributed by atoms with E-state index in [-0.39, 0.29) is 0 Å². The van der Waals surface area contributed by atoms with Crippen molar-refractivity contribution >= 4 is 11.8 Å². The van der Waals surface area contributed by atoms with Crippen molar-refractivity contribution < 1.29 is 0 Å². The SMILES string of the molecule is CCCCCCc1ccc(SC)cc1. The van der Waals surface area contributed by atoms with E-state index in [1.54, 1.807) is 0 Å². The molecule has 78 valence electrons. The van der Waals surface area contributed by atoms with Crippen molar-refractivity contribution in [3.8, 4) is 0 Å². The van der Waals surface area contributed by atoms with Crippen LogP contribution in [0.5, 0.6) is 0 Å². The van der Waals surface area contributed by atoms with Crippen molar-refractivity contribution in [1.82, 2.24) is 0 Å².